The normalized spacial score (nSPS) is 13.5. The van der Waals surface area contributed by atoms with Crippen molar-refractivity contribution in [3.8, 4) is 0 Å². The monoisotopic (exact) mass is 796 g/mol. The molecule has 2 aliphatic rings. The van der Waals surface area contributed by atoms with Gasteiger partial charge < -0.3 is 18.9 Å². The van der Waals surface area contributed by atoms with Gasteiger partial charge in [0.15, 0.2) is 0 Å². The van der Waals surface area contributed by atoms with E-state index in [4.69, 9.17) is 18.9 Å². The van der Waals surface area contributed by atoms with Crippen LogP contribution in [0.3, 0.4) is 0 Å². The third-order valence-electron chi connectivity index (χ3n) is 8.52. The highest BCUT2D eigenvalue weighted by atomic mass is 16.6. The first kappa shape index (κ1) is 48.0. The van der Waals surface area contributed by atoms with Gasteiger partial charge in [0, 0.05) is 0 Å². The summed E-state index contributed by atoms with van der Waals surface area (Å²) in [5, 5.41) is 0. The molecule has 6 aromatic rings. The molecule has 4 nitrogen and oxygen atoms in total. The maximum atomic E-state index is 5.42. The number of benzene rings is 6. The van der Waals surface area contributed by atoms with Gasteiger partial charge in [-0.15, -0.1) is 0 Å². The van der Waals surface area contributed by atoms with Gasteiger partial charge >= 0.3 is 0 Å². The molecule has 2 unspecified atom stereocenters. The molecule has 60 heavy (non-hydrogen) atoms. The quantitative estimate of drug-likeness (QED) is 0.103. The van der Waals surface area contributed by atoms with Crippen molar-refractivity contribution in [3.05, 3.63) is 254 Å². The molecule has 308 valence electrons. The SMILES string of the molecule is C=Cc1ccc(C=C)cc1.C=Cc1ccc(C=C)cc1.C=Cc1ccccc1.C=Cc1ccccc1.c1ccc(COCC2CO2)cc1.c1ccc(COCC2CO2)cc1. The molecule has 0 N–H and O–H groups in total. The van der Waals surface area contributed by atoms with Crippen LogP contribution in [0.4, 0.5) is 0 Å². The van der Waals surface area contributed by atoms with Crippen LogP contribution >= 0.6 is 0 Å². The lowest BCUT2D eigenvalue weighted by Crippen LogP contribution is -2.00. The summed E-state index contributed by atoms with van der Waals surface area (Å²) < 4.78 is 20.9. The highest BCUT2D eigenvalue weighted by Gasteiger charge is 2.22. The topological polar surface area (TPSA) is 43.5 Å². The Morgan fingerprint density at radius 2 is 0.567 bits per heavy atom. The molecule has 2 saturated heterocycles. The molecular formula is C56H60O4. The zero-order chi connectivity index (χ0) is 42.9. The summed E-state index contributed by atoms with van der Waals surface area (Å²) in [4.78, 5) is 0. The van der Waals surface area contributed by atoms with Crippen LogP contribution in [-0.2, 0) is 32.2 Å². The standard InChI is InChI=1S/2C10H12O2.2C10H10.2C8H8/c2*1-2-4-9(5-3-1)6-11-7-10-8-12-10;2*1-3-9-5-7-10(4-2)8-6-9;2*1-2-8-6-4-3-5-7-8/h2*1-5,10H,6-8H2;2*3-8H,1-2H2;2*2-7H,1H2. The lowest BCUT2D eigenvalue weighted by molar-refractivity contribution is 0.104. The van der Waals surface area contributed by atoms with E-state index in [0.717, 1.165) is 48.7 Å². The summed E-state index contributed by atoms with van der Waals surface area (Å²) in [5.74, 6) is 0. The molecular weight excluding hydrogens is 737 g/mol. The predicted molar refractivity (Wildman–Crippen MR) is 258 cm³/mol. The van der Waals surface area contributed by atoms with E-state index in [0.29, 0.717) is 25.4 Å². The first-order chi connectivity index (χ1) is 29.5. The Morgan fingerprint density at radius 3 is 0.767 bits per heavy atom. The van der Waals surface area contributed by atoms with Gasteiger partial charge in [0.2, 0.25) is 0 Å². The Bertz CT molecular complexity index is 1830. The largest absolute Gasteiger partial charge is 0.374 e. The summed E-state index contributed by atoms with van der Waals surface area (Å²) in [6.45, 7) is 26.5. The van der Waals surface area contributed by atoms with Gasteiger partial charge in [0.1, 0.15) is 12.2 Å². The van der Waals surface area contributed by atoms with Crippen molar-refractivity contribution < 1.29 is 18.9 Å². The second-order valence-electron chi connectivity index (χ2n) is 13.3. The van der Waals surface area contributed by atoms with Crippen LogP contribution in [0.15, 0.2) is 209 Å². The molecule has 2 fully saturated rings. The molecule has 4 heteroatoms. The van der Waals surface area contributed by atoms with E-state index < -0.39 is 0 Å². The van der Waals surface area contributed by atoms with E-state index in [2.05, 4.69) is 63.7 Å². The van der Waals surface area contributed by atoms with Crippen molar-refractivity contribution in [2.45, 2.75) is 25.4 Å². The van der Waals surface area contributed by atoms with E-state index in [1.165, 1.54) is 22.3 Å². The van der Waals surface area contributed by atoms with Crippen LogP contribution in [0, 0.1) is 0 Å². The Kier molecular flexibility index (Phi) is 24.5. The van der Waals surface area contributed by atoms with E-state index in [9.17, 15) is 0 Å². The van der Waals surface area contributed by atoms with Gasteiger partial charge in [-0.3, -0.25) is 0 Å². The zero-order valence-electron chi connectivity index (χ0n) is 34.9. The Morgan fingerprint density at radius 1 is 0.350 bits per heavy atom. The fraction of sp³-hybridized carbons (Fsp3) is 0.143. The average molecular weight is 797 g/mol. The third kappa shape index (κ3) is 23.1. The predicted octanol–water partition coefficient (Wildman–Crippen LogP) is 13.8. The molecule has 2 aliphatic heterocycles. The number of rotatable bonds is 14. The second-order valence-corrected chi connectivity index (χ2v) is 13.3. The lowest BCUT2D eigenvalue weighted by atomic mass is 10.1. The van der Waals surface area contributed by atoms with E-state index in [1.54, 1.807) is 0 Å². The van der Waals surface area contributed by atoms with Gasteiger partial charge in [-0.25, -0.2) is 0 Å². The molecule has 2 atom stereocenters. The molecule has 0 bridgehead atoms. The van der Waals surface area contributed by atoms with Crippen molar-refractivity contribution in [2.24, 2.45) is 0 Å². The maximum Gasteiger partial charge on any atom is 0.104 e. The molecule has 0 aromatic heterocycles. The van der Waals surface area contributed by atoms with Crippen molar-refractivity contribution in [3.63, 3.8) is 0 Å². The number of epoxide rings is 2. The lowest BCUT2D eigenvalue weighted by Gasteiger charge is -2.00. The average Bonchev–Trinajstić information content (AvgIpc) is 4.29. The molecule has 6 aromatic carbocycles. The first-order valence-corrected chi connectivity index (χ1v) is 20.0. The zero-order valence-corrected chi connectivity index (χ0v) is 34.9. The summed E-state index contributed by atoms with van der Waals surface area (Å²) in [7, 11) is 0. The van der Waals surface area contributed by atoms with E-state index in [1.807, 2.05) is 182 Å². The third-order valence-corrected chi connectivity index (χ3v) is 8.52. The minimum atomic E-state index is 0.369. The Labute approximate surface area is 359 Å². The van der Waals surface area contributed by atoms with Gasteiger partial charge in [-0.05, 0) is 44.5 Å². The van der Waals surface area contributed by atoms with Crippen LogP contribution in [0.5, 0.6) is 0 Å². The van der Waals surface area contributed by atoms with Crippen LogP contribution in [0.25, 0.3) is 36.5 Å². The summed E-state index contributed by atoms with van der Waals surface area (Å²) in [6.07, 6.45) is 11.7. The second kappa shape index (κ2) is 30.6. The summed E-state index contributed by atoms with van der Waals surface area (Å²) in [6, 6.07) is 56.5. The van der Waals surface area contributed by atoms with Crippen LogP contribution in [0.1, 0.15) is 44.5 Å². The maximum absolute atomic E-state index is 5.42. The molecule has 0 spiro atoms. The minimum Gasteiger partial charge on any atom is -0.374 e. The molecule has 0 radical (unpaired) electrons. The number of ether oxygens (including phenoxy) is 4. The van der Waals surface area contributed by atoms with Crippen LogP contribution in [0.2, 0.25) is 0 Å². The van der Waals surface area contributed by atoms with Gasteiger partial charge in [-0.2, -0.15) is 0 Å². The smallest absolute Gasteiger partial charge is 0.104 e. The Balaban J connectivity index is 0.000000194. The molecule has 2 heterocycles. The van der Waals surface area contributed by atoms with Crippen molar-refractivity contribution in [2.75, 3.05) is 26.4 Å². The van der Waals surface area contributed by atoms with Gasteiger partial charge in [0.05, 0.1) is 39.6 Å². The van der Waals surface area contributed by atoms with Crippen LogP contribution in [-0.4, -0.2) is 38.6 Å². The van der Waals surface area contributed by atoms with E-state index in [-0.39, 0.29) is 0 Å². The van der Waals surface area contributed by atoms with Gasteiger partial charge in [0.25, 0.3) is 0 Å². The number of hydrogen-bond donors (Lipinski definition) is 0. The fourth-order valence-corrected chi connectivity index (χ4v) is 4.81. The van der Waals surface area contributed by atoms with Crippen LogP contribution < -0.4 is 0 Å². The fourth-order valence-electron chi connectivity index (χ4n) is 4.81. The molecule has 8 rings (SSSR count). The highest BCUT2D eigenvalue weighted by Crippen LogP contribution is 2.11. The Hall–Kier alpha value is -6.40. The van der Waals surface area contributed by atoms with Crippen molar-refractivity contribution >= 4 is 36.5 Å². The van der Waals surface area contributed by atoms with E-state index >= 15 is 0 Å². The van der Waals surface area contributed by atoms with Crippen molar-refractivity contribution in [1.29, 1.82) is 0 Å². The van der Waals surface area contributed by atoms with Crippen molar-refractivity contribution in [1.82, 2.24) is 0 Å². The summed E-state index contributed by atoms with van der Waals surface area (Å²) in [5.41, 5.74) is 9.36. The minimum absolute atomic E-state index is 0.369. The molecule has 0 saturated carbocycles. The molecule has 0 aliphatic carbocycles. The number of hydrogen-bond acceptors (Lipinski definition) is 4. The first-order valence-electron chi connectivity index (χ1n) is 20.0. The summed E-state index contributed by atoms with van der Waals surface area (Å²) >= 11 is 0. The van der Waals surface area contributed by atoms with Gasteiger partial charge in [-0.1, -0.05) is 246 Å². The molecule has 0 amide bonds. The highest BCUT2D eigenvalue weighted by molar-refractivity contribution is 5.54.